The second kappa shape index (κ2) is 6.78. The molecule has 5 rings (SSSR count). The highest BCUT2D eigenvalue weighted by atomic mass is 16.5. The molecular formula is C21H26N4O2. The molecule has 6 heteroatoms. The minimum absolute atomic E-state index is 0.160. The molecule has 2 fully saturated rings. The second-order valence-electron chi connectivity index (χ2n) is 7.82. The standard InChI is InChI=1S/C21H26N4O2/c1-23-7-4-15-10-16(2-3-20(15)23)21-22-6-8-25(21)17-11-18-14-27-19(5-9-26)13-24(18)12-17/h2-4,6-8,10,17-19,26H,5,9,11-14H2,1H3/t17-,18+,19+/m1/s1. The molecule has 142 valence electrons. The summed E-state index contributed by atoms with van der Waals surface area (Å²) in [5.41, 5.74) is 2.40. The number of aryl methyl sites for hydroxylation is 1. The summed E-state index contributed by atoms with van der Waals surface area (Å²) in [6.45, 7) is 2.90. The number of aliphatic hydroxyl groups excluding tert-OH is 1. The van der Waals surface area contributed by atoms with Gasteiger partial charge in [0, 0.05) is 73.9 Å². The molecule has 1 aromatic carbocycles. The predicted molar refractivity (Wildman–Crippen MR) is 105 cm³/mol. The molecule has 4 heterocycles. The molecule has 6 nitrogen and oxygen atoms in total. The summed E-state index contributed by atoms with van der Waals surface area (Å²) >= 11 is 0. The third kappa shape index (κ3) is 2.98. The number of hydrogen-bond donors (Lipinski definition) is 1. The number of aromatic nitrogens is 3. The van der Waals surface area contributed by atoms with Gasteiger partial charge < -0.3 is 19.0 Å². The zero-order chi connectivity index (χ0) is 18.4. The molecule has 2 aromatic heterocycles. The largest absolute Gasteiger partial charge is 0.396 e. The molecule has 0 saturated carbocycles. The maximum atomic E-state index is 9.19. The van der Waals surface area contributed by atoms with Crippen molar-refractivity contribution in [1.29, 1.82) is 0 Å². The van der Waals surface area contributed by atoms with Crippen molar-refractivity contribution < 1.29 is 9.84 Å². The van der Waals surface area contributed by atoms with E-state index in [2.05, 4.69) is 62.7 Å². The highest BCUT2D eigenvalue weighted by Crippen LogP contribution is 2.34. The number of ether oxygens (including phenoxy) is 1. The molecule has 0 radical (unpaired) electrons. The summed E-state index contributed by atoms with van der Waals surface area (Å²) in [6.07, 6.45) is 8.09. The van der Waals surface area contributed by atoms with E-state index < -0.39 is 0 Å². The quantitative estimate of drug-likeness (QED) is 0.771. The molecule has 0 bridgehead atoms. The van der Waals surface area contributed by atoms with Crippen molar-refractivity contribution in [2.24, 2.45) is 7.05 Å². The van der Waals surface area contributed by atoms with Crippen LogP contribution in [-0.2, 0) is 11.8 Å². The van der Waals surface area contributed by atoms with Crippen LogP contribution >= 0.6 is 0 Å². The third-order valence-electron chi connectivity index (χ3n) is 6.12. The van der Waals surface area contributed by atoms with E-state index in [1.807, 2.05) is 6.20 Å². The lowest BCUT2D eigenvalue weighted by molar-refractivity contribution is -0.0567. The van der Waals surface area contributed by atoms with Gasteiger partial charge in [0.2, 0.25) is 0 Å². The summed E-state index contributed by atoms with van der Waals surface area (Å²) in [6, 6.07) is 9.61. The zero-order valence-electron chi connectivity index (χ0n) is 15.7. The Morgan fingerprint density at radius 1 is 1.19 bits per heavy atom. The summed E-state index contributed by atoms with van der Waals surface area (Å²) in [7, 11) is 2.07. The van der Waals surface area contributed by atoms with E-state index in [0.29, 0.717) is 12.1 Å². The SMILES string of the molecule is Cn1ccc2cc(-c3nccn3[C@@H]3C[C@H]4CO[C@@H](CCO)CN4C3)ccc21. The van der Waals surface area contributed by atoms with Crippen LogP contribution in [0.2, 0.25) is 0 Å². The Hall–Kier alpha value is -2.15. The van der Waals surface area contributed by atoms with Gasteiger partial charge in [0.15, 0.2) is 0 Å². The Balaban J connectivity index is 1.40. The van der Waals surface area contributed by atoms with E-state index in [1.54, 1.807) is 0 Å². The fraction of sp³-hybridized carbons (Fsp3) is 0.476. The first-order chi connectivity index (χ1) is 13.2. The summed E-state index contributed by atoms with van der Waals surface area (Å²) < 4.78 is 10.4. The highest BCUT2D eigenvalue weighted by Gasteiger charge is 2.38. The first-order valence-electron chi connectivity index (χ1n) is 9.77. The molecule has 0 aliphatic carbocycles. The highest BCUT2D eigenvalue weighted by molar-refractivity contribution is 5.84. The van der Waals surface area contributed by atoms with Crippen LogP contribution in [0.4, 0.5) is 0 Å². The predicted octanol–water partition coefficient (Wildman–Crippen LogP) is 2.44. The van der Waals surface area contributed by atoms with E-state index in [9.17, 15) is 5.11 Å². The molecular weight excluding hydrogens is 340 g/mol. The molecule has 2 aliphatic rings. The Labute approximate surface area is 159 Å². The summed E-state index contributed by atoms with van der Waals surface area (Å²) in [5.74, 6) is 1.04. The molecule has 0 amide bonds. The summed E-state index contributed by atoms with van der Waals surface area (Å²) in [4.78, 5) is 7.21. The fourth-order valence-electron chi connectivity index (χ4n) is 4.69. The van der Waals surface area contributed by atoms with Gasteiger partial charge in [-0.1, -0.05) is 0 Å². The van der Waals surface area contributed by atoms with Crippen molar-refractivity contribution in [3.8, 4) is 11.4 Å². The van der Waals surface area contributed by atoms with Gasteiger partial charge in [-0.2, -0.15) is 0 Å². The first kappa shape index (κ1) is 17.0. The molecule has 0 spiro atoms. The van der Waals surface area contributed by atoms with Crippen LogP contribution in [0.15, 0.2) is 42.9 Å². The van der Waals surface area contributed by atoms with Crippen LogP contribution in [0.25, 0.3) is 22.3 Å². The molecule has 0 unspecified atom stereocenters. The van der Waals surface area contributed by atoms with Gasteiger partial charge in [0.05, 0.1) is 12.7 Å². The lowest BCUT2D eigenvalue weighted by atomic mass is 10.1. The van der Waals surface area contributed by atoms with Crippen molar-refractivity contribution in [1.82, 2.24) is 19.0 Å². The van der Waals surface area contributed by atoms with Crippen LogP contribution in [0.3, 0.4) is 0 Å². The maximum absolute atomic E-state index is 9.19. The number of rotatable bonds is 4. The molecule has 1 N–H and O–H groups in total. The average molecular weight is 366 g/mol. The number of fused-ring (bicyclic) bond motifs is 2. The van der Waals surface area contributed by atoms with Gasteiger partial charge in [0.1, 0.15) is 5.82 Å². The monoisotopic (exact) mass is 366 g/mol. The Morgan fingerprint density at radius 3 is 3.00 bits per heavy atom. The number of hydrogen-bond acceptors (Lipinski definition) is 4. The fourth-order valence-corrected chi connectivity index (χ4v) is 4.69. The van der Waals surface area contributed by atoms with Crippen molar-refractivity contribution >= 4 is 10.9 Å². The van der Waals surface area contributed by atoms with E-state index in [0.717, 1.165) is 43.9 Å². The van der Waals surface area contributed by atoms with Crippen LogP contribution in [0.5, 0.6) is 0 Å². The third-order valence-corrected chi connectivity index (χ3v) is 6.12. The molecule has 27 heavy (non-hydrogen) atoms. The van der Waals surface area contributed by atoms with Crippen LogP contribution in [0.1, 0.15) is 18.9 Å². The van der Waals surface area contributed by atoms with Crippen molar-refractivity contribution in [3.05, 3.63) is 42.9 Å². The van der Waals surface area contributed by atoms with Gasteiger partial charge in [0.25, 0.3) is 0 Å². The van der Waals surface area contributed by atoms with Gasteiger partial charge >= 0.3 is 0 Å². The Bertz CT molecular complexity index is 947. The Morgan fingerprint density at radius 2 is 2.11 bits per heavy atom. The van der Waals surface area contributed by atoms with Crippen LogP contribution < -0.4 is 0 Å². The smallest absolute Gasteiger partial charge is 0.140 e. The lowest BCUT2D eigenvalue weighted by Gasteiger charge is -2.34. The lowest BCUT2D eigenvalue weighted by Crippen LogP contribution is -2.46. The van der Waals surface area contributed by atoms with Gasteiger partial charge in [-0.05, 0) is 37.1 Å². The number of nitrogens with zero attached hydrogens (tertiary/aromatic N) is 4. The van der Waals surface area contributed by atoms with Gasteiger partial charge in [-0.25, -0.2) is 4.98 Å². The van der Waals surface area contributed by atoms with E-state index in [1.165, 1.54) is 10.9 Å². The van der Waals surface area contributed by atoms with E-state index in [4.69, 9.17) is 4.74 Å². The van der Waals surface area contributed by atoms with Crippen molar-refractivity contribution in [2.75, 3.05) is 26.3 Å². The summed E-state index contributed by atoms with van der Waals surface area (Å²) in [5, 5.41) is 10.4. The number of imidazole rings is 1. The minimum Gasteiger partial charge on any atom is -0.396 e. The number of aliphatic hydroxyl groups is 1. The topological polar surface area (TPSA) is 55.5 Å². The number of morpholine rings is 1. The van der Waals surface area contributed by atoms with Gasteiger partial charge in [-0.3, -0.25) is 4.90 Å². The molecule has 3 aromatic rings. The molecule has 2 saturated heterocycles. The minimum atomic E-state index is 0.160. The van der Waals surface area contributed by atoms with Crippen LogP contribution in [0, 0.1) is 0 Å². The van der Waals surface area contributed by atoms with E-state index in [-0.39, 0.29) is 12.7 Å². The van der Waals surface area contributed by atoms with E-state index >= 15 is 0 Å². The Kier molecular flexibility index (Phi) is 4.27. The molecule has 3 atom stereocenters. The first-order valence-corrected chi connectivity index (χ1v) is 9.77. The normalized spacial score (nSPS) is 25.9. The van der Waals surface area contributed by atoms with Crippen molar-refractivity contribution in [3.63, 3.8) is 0 Å². The van der Waals surface area contributed by atoms with Gasteiger partial charge in [-0.15, -0.1) is 0 Å². The molecule has 2 aliphatic heterocycles. The van der Waals surface area contributed by atoms with Crippen molar-refractivity contribution in [2.45, 2.75) is 31.0 Å². The van der Waals surface area contributed by atoms with Crippen LogP contribution in [-0.4, -0.2) is 62.6 Å². The maximum Gasteiger partial charge on any atom is 0.140 e. The second-order valence-corrected chi connectivity index (χ2v) is 7.82. The number of benzene rings is 1. The average Bonchev–Trinajstić information content (AvgIpc) is 3.39. The zero-order valence-corrected chi connectivity index (χ0v) is 15.7.